The zero-order chi connectivity index (χ0) is 14.8. The zero-order valence-electron chi connectivity index (χ0n) is 12.1. The molecule has 0 saturated carbocycles. The second-order valence-corrected chi connectivity index (χ2v) is 4.34. The molecule has 0 aliphatic heterocycles. The van der Waals surface area contributed by atoms with E-state index in [1.807, 2.05) is 48.5 Å². The van der Waals surface area contributed by atoms with E-state index < -0.39 is 0 Å². The molecule has 5 nitrogen and oxygen atoms in total. The van der Waals surface area contributed by atoms with E-state index in [1.165, 1.54) is 0 Å². The monoisotopic (exact) mass is 284 g/mol. The molecule has 0 aliphatic carbocycles. The fourth-order valence-corrected chi connectivity index (χ4v) is 1.75. The first-order chi connectivity index (χ1) is 10.4. The summed E-state index contributed by atoms with van der Waals surface area (Å²) in [6.45, 7) is 1.89. The first kappa shape index (κ1) is 14.8. The maximum Gasteiger partial charge on any atom is 0.191 e. The number of para-hydroxylation sites is 1. The van der Waals surface area contributed by atoms with Crippen molar-refractivity contribution in [3.63, 3.8) is 0 Å². The number of nitrogens with one attached hydrogen (secondary N) is 2. The molecule has 0 unspecified atom stereocenters. The van der Waals surface area contributed by atoms with Crippen molar-refractivity contribution in [2.75, 3.05) is 20.2 Å². The summed E-state index contributed by atoms with van der Waals surface area (Å²) in [6.07, 6.45) is 1.78. The van der Waals surface area contributed by atoms with Gasteiger partial charge in [0.15, 0.2) is 5.96 Å². The largest absolute Gasteiger partial charge is 0.492 e. The van der Waals surface area contributed by atoms with Crippen LogP contribution in [0.25, 0.3) is 0 Å². The zero-order valence-corrected chi connectivity index (χ0v) is 12.1. The molecule has 0 spiro atoms. The summed E-state index contributed by atoms with van der Waals surface area (Å²) in [5.41, 5.74) is 0.973. The van der Waals surface area contributed by atoms with E-state index >= 15 is 0 Å². The van der Waals surface area contributed by atoms with Crippen LogP contribution in [-0.2, 0) is 6.54 Å². The van der Waals surface area contributed by atoms with Gasteiger partial charge in [0.2, 0.25) is 0 Å². The number of ether oxygens (including phenoxy) is 1. The van der Waals surface area contributed by atoms with Crippen molar-refractivity contribution in [3.05, 3.63) is 60.4 Å². The van der Waals surface area contributed by atoms with Gasteiger partial charge >= 0.3 is 0 Å². The number of hydrogen-bond acceptors (Lipinski definition) is 3. The van der Waals surface area contributed by atoms with Gasteiger partial charge < -0.3 is 15.4 Å². The number of rotatable bonds is 6. The van der Waals surface area contributed by atoms with Gasteiger partial charge in [0, 0.05) is 13.2 Å². The Bertz CT molecular complexity index is 543. The minimum Gasteiger partial charge on any atom is -0.492 e. The Kier molecular flexibility index (Phi) is 6.06. The topological polar surface area (TPSA) is 58.5 Å². The number of benzene rings is 1. The first-order valence-electron chi connectivity index (χ1n) is 6.91. The summed E-state index contributed by atoms with van der Waals surface area (Å²) >= 11 is 0. The third-order valence-electron chi connectivity index (χ3n) is 2.79. The summed E-state index contributed by atoms with van der Waals surface area (Å²) in [4.78, 5) is 8.41. The van der Waals surface area contributed by atoms with Gasteiger partial charge in [0.05, 0.1) is 18.8 Å². The van der Waals surface area contributed by atoms with E-state index in [-0.39, 0.29) is 0 Å². The molecule has 0 fully saturated rings. The van der Waals surface area contributed by atoms with E-state index in [4.69, 9.17) is 4.74 Å². The van der Waals surface area contributed by atoms with E-state index in [1.54, 1.807) is 13.2 Å². The molecule has 1 aromatic heterocycles. The number of guanidine groups is 1. The second-order valence-electron chi connectivity index (χ2n) is 4.34. The summed E-state index contributed by atoms with van der Waals surface area (Å²) in [5, 5.41) is 6.40. The molecule has 0 amide bonds. The third-order valence-corrected chi connectivity index (χ3v) is 2.79. The Hall–Kier alpha value is -2.56. The van der Waals surface area contributed by atoms with Crippen LogP contribution in [0.15, 0.2) is 59.7 Å². The molecule has 1 heterocycles. The minimum absolute atomic E-state index is 0.578. The van der Waals surface area contributed by atoms with Crippen molar-refractivity contribution in [2.24, 2.45) is 4.99 Å². The molecule has 21 heavy (non-hydrogen) atoms. The highest BCUT2D eigenvalue weighted by molar-refractivity contribution is 5.79. The predicted molar refractivity (Wildman–Crippen MR) is 84.4 cm³/mol. The van der Waals surface area contributed by atoms with Crippen molar-refractivity contribution < 1.29 is 4.74 Å². The molecule has 2 rings (SSSR count). The van der Waals surface area contributed by atoms with Crippen LogP contribution in [0.5, 0.6) is 5.75 Å². The molecule has 110 valence electrons. The molecule has 0 atom stereocenters. The lowest BCUT2D eigenvalue weighted by Gasteiger charge is -2.12. The van der Waals surface area contributed by atoms with Gasteiger partial charge in [-0.1, -0.05) is 24.3 Å². The van der Waals surface area contributed by atoms with Gasteiger partial charge in [-0.2, -0.15) is 0 Å². The lowest BCUT2D eigenvalue weighted by molar-refractivity contribution is 0.322. The Labute approximate surface area is 125 Å². The van der Waals surface area contributed by atoms with Crippen molar-refractivity contribution in [3.8, 4) is 5.75 Å². The Morgan fingerprint density at radius 3 is 2.62 bits per heavy atom. The maximum atomic E-state index is 5.61. The molecule has 2 aromatic rings. The molecular formula is C16H20N4O. The molecule has 1 aromatic carbocycles. The third kappa shape index (κ3) is 5.52. The Morgan fingerprint density at radius 2 is 1.90 bits per heavy atom. The average Bonchev–Trinajstić information content (AvgIpc) is 2.56. The van der Waals surface area contributed by atoms with Crippen LogP contribution in [0.4, 0.5) is 0 Å². The normalized spacial score (nSPS) is 11.0. The van der Waals surface area contributed by atoms with Crippen LogP contribution >= 0.6 is 0 Å². The molecule has 5 heteroatoms. The van der Waals surface area contributed by atoms with Crippen molar-refractivity contribution in [1.82, 2.24) is 15.6 Å². The standard InChI is InChI=1S/C16H20N4O/c1-17-16(20-13-14-7-5-6-10-18-14)19-11-12-21-15-8-3-2-4-9-15/h2-10H,11-13H2,1H3,(H2,17,19,20). The van der Waals surface area contributed by atoms with Crippen LogP contribution in [0.3, 0.4) is 0 Å². The fraction of sp³-hybridized carbons (Fsp3) is 0.250. The molecule has 2 N–H and O–H groups in total. The van der Waals surface area contributed by atoms with E-state index in [0.717, 1.165) is 17.4 Å². The summed E-state index contributed by atoms with van der Waals surface area (Å²) < 4.78 is 5.61. The van der Waals surface area contributed by atoms with Gasteiger partial charge in [0.25, 0.3) is 0 Å². The van der Waals surface area contributed by atoms with Crippen LogP contribution in [0.2, 0.25) is 0 Å². The van der Waals surface area contributed by atoms with Crippen LogP contribution in [0, 0.1) is 0 Å². The summed E-state index contributed by atoms with van der Waals surface area (Å²) in [7, 11) is 1.74. The smallest absolute Gasteiger partial charge is 0.191 e. The maximum absolute atomic E-state index is 5.61. The van der Waals surface area contributed by atoms with Crippen molar-refractivity contribution in [2.45, 2.75) is 6.54 Å². The van der Waals surface area contributed by atoms with E-state index in [2.05, 4.69) is 20.6 Å². The van der Waals surface area contributed by atoms with Gasteiger partial charge in [0.1, 0.15) is 12.4 Å². The minimum atomic E-state index is 0.578. The SMILES string of the molecule is CN=C(NCCOc1ccccc1)NCc1ccccn1. The van der Waals surface area contributed by atoms with Crippen LogP contribution in [0.1, 0.15) is 5.69 Å². The van der Waals surface area contributed by atoms with E-state index in [0.29, 0.717) is 19.7 Å². The highest BCUT2D eigenvalue weighted by atomic mass is 16.5. The first-order valence-corrected chi connectivity index (χ1v) is 6.91. The van der Waals surface area contributed by atoms with Crippen molar-refractivity contribution in [1.29, 1.82) is 0 Å². The molecule has 0 aliphatic rings. The van der Waals surface area contributed by atoms with Crippen LogP contribution in [-0.4, -0.2) is 31.1 Å². The Balaban J connectivity index is 1.66. The summed E-state index contributed by atoms with van der Waals surface area (Å²) in [5.74, 6) is 1.60. The van der Waals surface area contributed by atoms with Gasteiger partial charge in [-0.3, -0.25) is 9.98 Å². The molecule has 0 radical (unpaired) electrons. The van der Waals surface area contributed by atoms with Gasteiger partial charge in [-0.05, 0) is 24.3 Å². The molecule has 0 saturated heterocycles. The lowest BCUT2D eigenvalue weighted by atomic mass is 10.3. The fourth-order valence-electron chi connectivity index (χ4n) is 1.75. The van der Waals surface area contributed by atoms with Crippen LogP contribution < -0.4 is 15.4 Å². The number of aliphatic imine (C=N–C) groups is 1. The quantitative estimate of drug-likeness (QED) is 0.483. The summed E-state index contributed by atoms with van der Waals surface area (Å²) in [6, 6.07) is 15.6. The number of aromatic nitrogens is 1. The van der Waals surface area contributed by atoms with Gasteiger partial charge in [-0.15, -0.1) is 0 Å². The predicted octanol–water partition coefficient (Wildman–Crippen LogP) is 1.83. The van der Waals surface area contributed by atoms with Gasteiger partial charge in [-0.25, -0.2) is 0 Å². The second kappa shape index (κ2) is 8.58. The highest BCUT2D eigenvalue weighted by Crippen LogP contribution is 2.07. The lowest BCUT2D eigenvalue weighted by Crippen LogP contribution is -2.39. The Morgan fingerprint density at radius 1 is 1.10 bits per heavy atom. The van der Waals surface area contributed by atoms with Crippen molar-refractivity contribution >= 4 is 5.96 Å². The van der Waals surface area contributed by atoms with E-state index in [9.17, 15) is 0 Å². The number of nitrogens with zero attached hydrogens (tertiary/aromatic N) is 2. The number of pyridine rings is 1. The average molecular weight is 284 g/mol. The number of hydrogen-bond donors (Lipinski definition) is 2. The highest BCUT2D eigenvalue weighted by Gasteiger charge is 1.98. The molecule has 0 bridgehead atoms. The molecular weight excluding hydrogens is 264 g/mol.